The largest absolute Gasteiger partial charge is 0.348 e. The van der Waals surface area contributed by atoms with E-state index in [2.05, 4.69) is 31.5 Å². The molecule has 1 amide bonds. The van der Waals surface area contributed by atoms with Gasteiger partial charge in [0.15, 0.2) is 0 Å². The standard InChI is InChI=1S/C20H27N5O/c26-20(22-15-7-1-2-8-15)18-13-17(23-24-18)19-10-4-6-12-25(19)14-16-9-3-5-11-21-16/h3,5,9,11,13,15,19H,1-2,4,6-8,10,12,14H2,(H,22,26)(H,23,24)/t19-/m1/s1. The highest BCUT2D eigenvalue weighted by Crippen LogP contribution is 2.31. The van der Waals surface area contributed by atoms with Crippen molar-refractivity contribution in [1.82, 2.24) is 25.4 Å². The van der Waals surface area contributed by atoms with Crippen molar-refractivity contribution in [2.45, 2.75) is 63.6 Å². The molecule has 0 unspecified atom stereocenters. The highest BCUT2D eigenvalue weighted by atomic mass is 16.2. The van der Waals surface area contributed by atoms with E-state index in [1.54, 1.807) is 0 Å². The van der Waals surface area contributed by atoms with Crippen LogP contribution in [0.1, 0.15) is 72.9 Å². The zero-order valence-corrected chi connectivity index (χ0v) is 15.2. The summed E-state index contributed by atoms with van der Waals surface area (Å²) in [5.41, 5.74) is 2.63. The Balaban J connectivity index is 1.44. The molecule has 2 aromatic heterocycles. The van der Waals surface area contributed by atoms with Crippen molar-refractivity contribution in [2.75, 3.05) is 6.54 Å². The minimum atomic E-state index is -0.0496. The molecule has 6 nitrogen and oxygen atoms in total. The molecule has 0 aromatic carbocycles. The Hall–Kier alpha value is -2.21. The number of nitrogens with one attached hydrogen (secondary N) is 2. The minimum Gasteiger partial charge on any atom is -0.348 e. The Morgan fingerprint density at radius 2 is 2.04 bits per heavy atom. The maximum Gasteiger partial charge on any atom is 0.271 e. The summed E-state index contributed by atoms with van der Waals surface area (Å²) in [6.45, 7) is 1.87. The molecule has 0 spiro atoms. The third-order valence-electron chi connectivity index (χ3n) is 5.58. The van der Waals surface area contributed by atoms with Crippen LogP contribution in [-0.4, -0.2) is 38.6 Å². The van der Waals surface area contributed by atoms with Gasteiger partial charge < -0.3 is 5.32 Å². The number of carbonyl (C=O) groups is 1. The first-order valence-corrected chi connectivity index (χ1v) is 9.80. The number of hydrogen-bond donors (Lipinski definition) is 2. The van der Waals surface area contributed by atoms with E-state index in [9.17, 15) is 4.79 Å². The number of likely N-dealkylation sites (tertiary alicyclic amines) is 1. The van der Waals surface area contributed by atoms with Crippen molar-refractivity contribution < 1.29 is 4.79 Å². The van der Waals surface area contributed by atoms with Gasteiger partial charge in [0.1, 0.15) is 5.69 Å². The van der Waals surface area contributed by atoms with Gasteiger partial charge in [-0.05, 0) is 50.4 Å². The molecule has 6 heteroatoms. The van der Waals surface area contributed by atoms with Crippen molar-refractivity contribution in [3.8, 4) is 0 Å². The summed E-state index contributed by atoms with van der Waals surface area (Å²) in [7, 11) is 0. The summed E-state index contributed by atoms with van der Waals surface area (Å²) in [5.74, 6) is -0.0496. The number of amides is 1. The Kier molecular flexibility index (Phi) is 5.29. The van der Waals surface area contributed by atoms with Gasteiger partial charge in [-0.25, -0.2) is 0 Å². The molecule has 1 aliphatic carbocycles. The maximum absolute atomic E-state index is 12.5. The van der Waals surface area contributed by atoms with Crippen LogP contribution in [0.5, 0.6) is 0 Å². The number of aromatic amines is 1. The zero-order valence-electron chi connectivity index (χ0n) is 15.2. The molecular formula is C20H27N5O. The Morgan fingerprint density at radius 1 is 1.19 bits per heavy atom. The third-order valence-corrected chi connectivity index (χ3v) is 5.58. The van der Waals surface area contributed by atoms with Crippen LogP contribution in [0.3, 0.4) is 0 Å². The lowest BCUT2D eigenvalue weighted by atomic mass is 9.99. The Morgan fingerprint density at radius 3 is 2.85 bits per heavy atom. The lowest BCUT2D eigenvalue weighted by Crippen LogP contribution is -2.33. The Bertz CT molecular complexity index is 723. The quantitative estimate of drug-likeness (QED) is 0.866. The highest BCUT2D eigenvalue weighted by Gasteiger charge is 2.27. The fraction of sp³-hybridized carbons (Fsp3) is 0.550. The van der Waals surface area contributed by atoms with Gasteiger partial charge in [0, 0.05) is 18.8 Å². The van der Waals surface area contributed by atoms with E-state index in [-0.39, 0.29) is 11.9 Å². The molecule has 26 heavy (non-hydrogen) atoms. The van der Waals surface area contributed by atoms with Gasteiger partial charge in [-0.3, -0.25) is 19.8 Å². The number of nitrogens with zero attached hydrogens (tertiary/aromatic N) is 3. The van der Waals surface area contributed by atoms with E-state index in [1.165, 1.54) is 25.7 Å². The van der Waals surface area contributed by atoms with Gasteiger partial charge in [0.25, 0.3) is 5.91 Å². The number of piperidine rings is 1. The van der Waals surface area contributed by atoms with E-state index < -0.39 is 0 Å². The van der Waals surface area contributed by atoms with Crippen molar-refractivity contribution in [3.63, 3.8) is 0 Å². The fourth-order valence-electron chi connectivity index (χ4n) is 4.19. The van der Waals surface area contributed by atoms with Crippen LogP contribution in [0.4, 0.5) is 0 Å². The first kappa shape index (κ1) is 17.2. The van der Waals surface area contributed by atoms with Crippen molar-refractivity contribution in [2.24, 2.45) is 0 Å². The molecule has 0 radical (unpaired) electrons. The average Bonchev–Trinajstić information content (AvgIpc) is 3.35. The number of aromatic nitrogens is 3. The predicted molar refractivity (Wildman–Crippen MR) is 99.5 cm³/mol. The molecular weight excluding hydrogens is 326 g/mol. The first-order chi connectivity index (χ1) is 12.8. The molecule has 2 fully saturated rings. The molecule has 0 bridgehead atoms. The van der Waals surface area contributed by atoms with Gasteiger partial charge in [-0.2, -0.15) is 5.10 Å². The molecule has 138 valence electrons. The number of carbonyl (C=O) groups excluding carboxylic acids is 1. The second-order valence-electron chi connectivity index (χ2n) is 7.47. The third kappa shape index (κ3) is 3.96. The van der Waals surface area contributed by atoms with Crippen LogP contribution < -0.4 is 5.32 Å². The molecule has 1 saturated heterocycles. The molecule has 2 aromatic rings. The molecule has 1 saturated carbocycles. The van der Waals surface area contributed by atoms with Gasteiger partial charge >= 0.3 is 0 Å². The van der Waals surface area contributed by atoms with E-state index in [1.807, 2.05) is 24.4 Å². The summed E-state index contributed by atoms with van der Waals surface area (Å²) in [4.78, 5) is 19.4. The summed E-state index contributed by atoms with van der Waals surface area (Å²) < 4.78 is 0. The lowest BCUT2D eigenvalue weighted by Gasteiger charge is -2.34. The van der Waals surface area contributed by atoms with Crippen LogP contribution in [0.2, 0.25) is 0 Å². The van der Waals surface area contributed by atoms with Gasteiger partial charge in [-0.1, -0.05) is 25.3 Å². The Labute approximate surface area is 154 Å². The second kappa shape index (κ2) is 7.99. The molecule has 4 rings (SSSR count). The number of pyridine rings is 1. The lowest BCUT2D eigenvalue weighted by molar-refractivity contribution is 0.0932. The van der Waals surface area contributed by atoms with Crippen LogP contribution >= 0.6 is 0 Å². The maximum atomic E-state index is 12.5. The minimum absolute atomic E-state index is 0.0496. The highest BCUT2D eigenvalue weighted by molar-refractivity contribution is 5.92. The number of rotatable bonds is 5. The van der Waals surface area contributed by atoms with E-state index in [0.29, 0.717) is 11.7 Å². The molecule has 1 aliphatic heterocycles. The first-order valence-electron chi connectivity index (χ1n) is 9.80. The topological polar surface area (TPSA) is 73.9 Å². The van der Waals surface area contributed by atoms with E-state index in [4.69, 9.17) is 0 Å². The second-order valence-corrected chi connectivity index (χ2v) is 7.47. The van der Waals surface area contributed by atoms with E-state index >= 15 is 0 Å². The van der Waals surface area contributed by atoms with Crippen molar-refractivity contribution >= 4 is 5.91 Å². The smallest absolute Gasteiger partial charge is 0.271 e. The summed E-state index contributed by atoms with van der Waals surface area (Å²) in [6.07, 6.45) is 9.92. The van der Waals surface area contributed by atoms with Gasteiger partial charge in [-0.15, -0.1) is 0 Å². The van der Waals surface area contributed by atoms with Crippen LogP contribution in [0.15, 0.2) is 30.5 Å². The van der Waals surface area contributed by atoms with Crippen LogP contribution in [-0.2, 0) is 6.54 Å². The van der Waals surface area contributed by atoms with Crippen molar-refractivity contribution in [1.29, 1.82) is 0 Å². The van der Waals surface area contributed by atoms with Crippen molar-refractivity contribution in [3.05, 3.63) is 47.5 Å². The van der Waals surface area contributed by atoms with Gasteiger partial charge in [0.2, 0.25) is 0 Å². The normalized spacial score (nSPS) is 21.8. The molecule has 3 heterocycles. The zero-order chi connectivity index (χ0) is 17.8. The molecule has 2 N–H and O–H groups in total. The predicted octanol–water partition coefficient (Wildman–Crippen LogP) is 3.20. The van der Waals surface area contributed by atoms with Gasteiger partial charge in [0.05, 0.1) is 17.4 Å². The average molecular weight is 353 g/mol. The SMILES string of the molecule is O=C(NC1CCCC1)c1cc([C@H]2CCCCN2Cc2ccccn2)[nH]n1. The fourth-order valence-corrected chi connectivity index (χ4v) is 4.19. The molecule has 1 atom stereocenters. The van der Waals surface area contributed by atoms with Crippen LogP contribution in [0.25, 0.3) is 0 Å². The molecule has 2 aliphatic rings. The number of H-pyrrole nitrogens is 1. The summed E-state index contributed by atoms with van der Waals surface area (Å²) >= 11 is 0. The van der Waals surface area contributed by atoms with E-state index in [0.717, 1.165) is 43.7 Å². The number of hydrogen-bond acceptors (Lipinski definition) is 4. The monoisotopic (exact) mass is 353 g/mol. The summed E-state index contributed by atoms with van der Waals surface area (Å²) in [6, 6.07) is 8.57. The summed E-state index contributed by atoms with van der Waals surface area (Å²) in [5, 5.41) is 10.5. The van der Waals surface area contributed by atoms with Crippen LogP contribution in [0, 0.1) is 0 Å².